The van der Waals surface area contributed by atoms with Crippen LogP contribution in [0.1, 0.15) is 38.5 Å². The maximum atomic E-state index is 13.4. The first-order valence-electron chi connectivity index (χ1n) is 11.6. The molecule has 172 valence electrons. The number of benzene rings is 1. The second kappa shape index (κ2) is 9.86. The van der Waals surface area contributed by atoms with Crippen molar-refractivity contribution < 1.29 is 18.7 Å². The number of carbonyl (C=O) groups is 2. The maximum absolute atomic E-state index is 13.4. The second-order valence-electron chi connectivity index (χ2n) is 9.08. The molecule has 2 aliphatic heterocycles. The van der Waals surface area contributed by atoms with Gasteiger partial charge in [-0.25, -0.2) is 4.39 Å². The van der Waals surface area contributed by atoms with E-state index in [1.807, 2.05) is 4.90 Å². The highest BCUT2D eigenvalue weighted by atomic mass is 19.1. The number of piperazine rings is 1. The van der Waals surface area contributed by atoms with E-state index in [1.165, 1.54) is 12.1 Å². The molecule has 2 saturated heterocycles. The normalized spacial score (nSPS) is 25.6. The fraction of sp³-hybridized carbons (Fsp3) is 0.625. The third-order valence-corrected chi connectivity index (χ3v) is 7.13. The largest absolute Gasteiger partial charge is 0.381 e. The van der Waals surface area contributed by atoms with E-state index >= 15 is 0 Å². The molecule has 7 nitrogen and oxygen atoms in total. The fourth-order valence-electron chi connectivity index (χ4n) is 5.12. The molecule has 3 fully saturated rings. The summed E-state index contributed by atoms with van der Waals surface area (Å²) in [4.78, 5) is 30.6. The number of anilines is 1. The first kappa shape index (κ1) is 22.5. The number of hydrogen-bond acceptors (Lipinski definition) is 5. The van der Waals surface area contributed by atoms with Crippen molar-refractivity contribution in [1.29, 1.82) is 5.26 Å². The lowest BCUT2D eigenvalue weighted by Crippen LogP contribution is -2.56. The van der Waals surface area contributed by atoms with E-state index in [9.17, 15) is 19.2 Å². The summed E-state index contributed by atoms with van der Waals surface area (Å²) < 4.78 is 18.5. The van der Waals surface area contributed by atoms with Gasteiger partial charge in [0.05, 0.1) is 6.07 Å². The first-order valence-corrected chi connectivity index (χ1v) is 11.6. The molecule has 0 aromatic heterocycles. The van der Waals surface area contributed by atoms with Gasteiger partial charge in [-0.15, -0.1) is 0 Å². The Morgan fingerprint density at radius 2 is 1.66 bits per heavy atom. The Morgan fingerprint density at radius 1 is 1.03 bits per heavy atom. The molecule has 2 unspecified atom stereocenters. The monoisotopic (exact) mass is 442 g/mol. The summed E-state index contributed by atoms with van der Waals surface area (Å²) in [5.74, 6) is -1.11. The van der Waals surface area contributed by atoms with Crippen molar-refractivity contribution in [3.05, 3.63) is 30.1 Å². The van der Waals surface area contributed by atoms with E-state index in [4.69, 9.17) is 4.74 Å². The zero-order valence-electron chi connectivity index (χ0n) is 18.4. The molecule has 0 bridgehead atoms. The van der Waals surface area contributed by atoms with Gasteiger partial charge < -0.3 is 19.9 Å². The van der Waals surface area contributed by atoms with Crippen LogP contribution >= 0.6 is 0 Å². The topological polar surface area (TPSA) is 85.7 Å². The van der Waals surface area contributed by atoms with Crippen LogP contribution in [0.5, 0.6) is 0 Å². The van der Waals surface area contributed by atoms with Gasteiger partial charge in [-0.2, -0.15) is 5.26 Å². The number of amides is 2. The number of halogens is 1. The Labute approximate surface area is 188 Å². The maximum Gasteiger partial charge on any atom is 0.226 e. The van der Waals surface area contributed by atoms with Crippen molar-refractivity contribution in [3.63, 3.8) is 0 Å². The van der Waals surface area contributed by atoms with Crippen molar-refractivity contribution >= 4 is 17.5 Å². The molecule has 1 aliphatic carbocycles. The van der Waals surface area contributed by atoms with Gasteiger partial charge in [0.15, 0.2) is 0 Å². The number of carbonyl (C=O) groups excluding carboxylic acids is 2. The first-order chi connectivity index (χ1) is 15.5. The van der Waals surface area contributed by atoms with Gasteiger partial charge >= 0.3 is 0 Å². The minimum atomic E-state index is -0.888. The zero-order valence-corrected chi connectivity index (χ0v) is 18.4. The Hall–Kier alpha value is -2.66. The summed E-state index contributed by atoms with van der Waals surface area (Å²) >= 11 is 0. The van der Waals surface area contributed by atoms with Gasteiger partial charge in [-0.05, 0) is 37.1 Å². The number of rotatable bonds is 4. The molecule has 4 rings (SSSR count). The SMILES string of the molecule is N#CC1(NC(=O)C2CCCCC2C(=O)N2CCN(c3ccc(F)cc3)CC2)CCOCC1. The molecule has 1 aromatic carbocycles. The van der Waals surface area contributed by atoms with Crippen LogP contribution in [0.25, 0.3) is 0 Å². The third-order valence-electron chi connectivity index (χ3n) is 7.13. The number of ether oxygens (including phenoxy) is 1. The molecule has 2 heterocycles. The number of nitrogens with zero attached hydrogens (tertiary/aromatic N) is 3. The highest BCUT2D eigenvalue weighted by Crippen LogP contribution is 2.33. The minimum absolute atomic E-state index is 0.0431. The molecular formula is C24H31FN4O3. The highest BCUT2D eigenvalue weighted by molar-refractivity contribution is 5.88. The molecule has 2 amide bonds. The number of hydrogen-bond donors (Lipinski definition) is 1. The molecule has 1 saturated carbocycles. The summed E-state index contributed by atoms with van der Waals surface area (Å²) in [6, 6.07) is 8.70. The van der Waals surface area contributed by atoms with Crippen molar-refractivity contribution in [2.75, 3.05) is 44.3 Å². The summed E-state index contributed by atoms with van der Waals surface area (Å²) in [7, 11) is 0. The van der Waals surface area contributed by atoms with E-state index in [-0.39, 0.29) is 29.5 Å². The molecule has 0 radical (unpaired) electrons. The van der Waals surface area contributed by atoms with Crippen LogP contribution in [0, 0.1) is 29.0 Å². The smallest absolute Gasteiger partial charge is 0.226 e. The second-order valence-corrected chi connectivity index (χ2v) is 9.08. The van der Waals surface area contributed by atoms with Crippen molar-refractivity contribution in [2.45, 2.75) is 44.1 Å². The number of nitriles is 1. The van der Waals surface area contributed by atoms with Gasteiger partial charge in [0.1, 0.15) is 11.4 Å². The van der Waals surface area contributed by atoms with Gasteiger partial charge in [-0.3, -0.25) is 9.59 Å². The van der Waals surface area contributed by atoms with Crippen LogP contribution in [-0.2, 0) is 14.3 Å². The third kappa shape index (κ3) is 4.88. The van der Waals surface area contributed by atoms with E-state index in [1.54, 1.807) is 12.1 Å². The summed E-state index contributed by atoms with van der Waals surface area (Å²) in [6.07, 6.45) is 4.20. The van der Waals surface area contributed by atoms with Gasteiger partial charge in [0.2, 0.25) is 11.8 Å². The summed E-state index contributed by atoms with van der Waals surface area (Å²) in [5.41, 5.74) is 0.0629. The van der Waals surface area contributed by atoms with Crippen LogP contribution < -0.4 is 10.2 Å². The highest BCUT2D eigenvalue weighted by Gasteiger charge is 2.42. The quantitative estimate of drug-likeness (QED) is 0.774. The van der Waals surface area contributed by atoms with Gasteiger partial charge in [0, 0.05) is 69.8 Å². The number of nitrogens with one attached hydrogen (secondary N) is 1. The molecule has 32 heavy (non-hydrogen) atoms. The molecule has 0 spiro atoms. The van der Waals surface area contributed by atoms with Crippen LogP contribution in [0.3, 0.4) is 0 Å². The van der Waals surface area contributed by atoms with Gasteiger partial charge in [-0.1, -0.05) is 12.8 Å². The van der Waals surface area contributed by atoms with E-state index in [0.29, 0.717) is 65.1 Å². The molecular weight excluding hydrogens is 411 g/mol. The van der Waals surface area contributed by atoms with Crippen LogP contribution in [0.4, 0.5) is 10.1 Å². The van der Waals surface area contributed by atoms with Crippen molar-refractivity contribution in [2.24, 2.45) is 11.8 Å². The summed E-state index contributed by atoms with van der Waals surface area (Å²) in [5, 5.41) is 12.7. The van der Waals surface area contributed by atoms with E-state index < -0.39 is 5.54 Å². The lowest BCUT2D eigenvalue weighted by Gasteiger charge is -2.40. The van der Waals surface area contributed by atoms with Crippen molar-refractivity contribution in [1.82, 2.24) is 10.2 Å². The average Bonchev–Trinajstić information content (AvgIpc) is 2.85. The lowest BCUT2D eigenvalue weighted by atomic mass is 9.77. The fourth-order valence-corrected chi connectivity index (χ4v) is 5.12. The predicted molar refractivity (Wildman–Crippen MR) is 117 cm³/mol. The van der Waals surface area contributed by atoms with Crippen molar-refractivity contribution in [3.8, 4) is 6.07 Å². The predicted octanol–water partition coefficient (Wildman–Crippen LogP) is 2.47. The Balaban J connectivity index is 1.38. The van der Waals surface area contributed by atoms with E-state index in [0.717, 1.165) is 18.5 Å². The van der Waals surface area contributed by atoms with Crippen LogP contribution in [-0.4, -0.2) is 61.6 Å². The Morgan fingerprint density at radius 3 is 2.28 bits per heavy atom. The average molecular weight is 443 g/mol. The minimum Gasteiger partial charge on any atom is -0.381 e. The van der Waals surface area contributed by atoms with Crippen LogP contribution in [0.2, 0.25) is 0 Å². The standard InChI is InChI=1S/C24H31FN4O3/c25-18-5-7-19(8-6-18)28-11-13-29(14-12-28)23(31)21-4-2-1-3-20(21)22(30)27-24(17-26)9-15-32-16-10-24/h5-8,20-21H,1-4,9-16H2,(H,27,30). The Bertz CT molecular complexity index is 855. The van der Waals surface area contributed by atoms with Crippen LogP contribution in [0.15, 0.2) is 24.3 Å². The zero-order chi connectivity index (χ0) is 22.6. The molecule has 8 heteroatoms. The Kier molecular flexibility index (Phi) is 6.95. The molecule has 1 aromatic rings. The molecule has 2 atom stereocenters. The summed E-state index contributed by atoms with van der Waals surface area (Å²) in [6.45, 7) is 3.44. The lowest BCUT2D eigenvalue weighted by molar-refractivity contribution is -0.144. The molecule has 3 aliphatic rings. The van der Waals surface area contributed by atoms with Gasteiger partial charge in [0.25, 0.3) is 0 Å². The molecule has 1 N–H and O–H groups in total. The van der Waals surface area contributed by atoms with E-state index in [2.05, 4.69) is 16.3 Å².